The zero-order chi connectivity index (χ0) is 22.1. The molecule has 1 aromatic carbocycles. The number of fused-ring (bicyclic) bond motifs is 1. The van der Waals surface area contributed by atoms with Crippen molar-refractivity contribution in [2.24, 2.45) is 7.05 Å². The van der Waals surface area contributed by atoms with Crippen LogP contribution in [-0.2, 0) is 11.8 Å². The van der Waals surface area contributed by atoms with Crippen LogP contribution in [-0.4, -0.2) is 50.2 Å². The predicted octanol–water partition coefficient (Wildman–Crippen LogP) is 2.32. The summed E-state index contributed by atoms with van der Waals surface area (Å²) in [6, 6.07) is 7.06. The summed E-state index contributed by atoms with van der Waals surface area (Å²) in [5, 5.41) is 12.4. The fourth-order valence-corrected chi connectivity index (χ4v) is 4.09. The summed E-state index contributed by atoms with van der Waals surface area (Å²) in [4.78, 5) is 30.6. The van der Waals surface area contributed by atoms with Gasteiger partial charge in [0.1, 0.15) is 11.3 Å². The van der Waals surface area contributed by atoms with Crippen LogP contribution in [0.1, 0.15) is 22.3 Å². The lowest BCUT2D eigenvalue weighted by molar-refractivity contribution is 0.0903. The second-order valence-corrected chi connectivity index (χ2v) is 8.51. The summed E-state index contributed by atoms with van der Waals surface area (Å²) in [5.41, 5.74) is 2.03. The minimum Gasteiger partial charge on any atom is -0.383 e. The number of rotatable bonds is 6. The highest BCUT2D eigenvalue weighted by Crippen LogP contribution is 2.27. The van der Waals surface area contributed by atoms with E-state index in [1.165, 1.54) is 16.9 Å². The van der Waals surface area contributed by atoms with Crippen LogP contribution in [0.3, 0.4) is 0 Å². The van der Waals surface area contributed by atoms with E-state index in [0.29, 0.717) is 18.0 Å². The number of benzene rings is 1. The molecule has 0 fully saturated rings. The highest BCUT2D eigenvalue weighted by Gasteiger charge is 2.20. The topological polar surface area (TPSA) is 104 Å². The lowest BCUT2D eigenvalue weighted by Gasteiger charge is -2.14. The van der Waals surface area contributed by atoms with Crippen molar-refractivity contribution < 1.29 is 9.53 Å². The number of aryl methyl sites for hydroxylation is 2. The van der Waals surface area contributed by atoms with Crippen LogP contribution >= 0.6 is 11.3 Å². The molecule has 0 spiro atoms. The first kappa shape index (κ1) is 20.9. The Morgan fingerprint density at radius 2 is 2.13 bits per heavy atom. The normalized spacial score (nSPS) is 12.3. The third kappa shape index (κ3) is 4.25. The van der Waals surface area contributed by atoms with E-state index in [9.17, 15) is 9.59 Å². The molecule has 1 amide bonds. The first-order valence-electron chi connectivity index (χ1n) is 9.66. The van der Waals surface area contributed by atoms with Gasteiger partial charge in [-0.1, -0.05) is 6.07 Å². The van der Waals surface area contributed by atoms with Crippen molar-refractivity contribution in [1.29, 1.82) is 0 Å². The fraction of sp³-hybridized carbons (Fsp3) is 0.286. The minimum atomic E-state index is -0.524. The number of aromatic nitrogens is 5. The van der Waals surface area contributed by atoms with Gasteiger partial charge in [0.05, 0.1) is 39.9 Å². The molecule has 1 N–H and O–H groups in total. The van der Waals surface area contributed by atoms with Gasteiger partial charge in [0.2, 0.25) is 0 Å². The van der Waals surface area contributed by atoms with Gasteiger partial charge in [-0.25, -0.2) is 4.98 Å². The van der Waals surface area contributed by atoms with E-state index < -0.39 is 11.5 Å². The molecule has 4 aromatic rings. The molecule has 0 saturated carbocycles. The lowest BCUT2D eigenvalue weighted by Crippen LogP contribution is -2.39. The standard InChI is InChI=1S/C21H22N6O3S/c1-12(11-30-4)23-20(28)16-8-17(14-5-6-19-18(7-14)24-13(2)31-19)25-27(21(16)29)15-9-22-26(3)10-15/h5-10,12H,11H2,1-4H3,(H,23,28)/t12-/m0/s1. The van der Waals surface area contributed by atoms with Gasteiger partial charge in [-0.2, -0.15) is 14.9 Å². The van der Waals surface area contributed by atoms with Crippen LogP contribution in [0, 0.1) is 6.92 Å². The summed E-state index contributed by atoms with van der Waals surface area (Å²) in [5.74, 6) is -0.485. The van der Waals surface area contributed by atoms with Gasteiger partial charge in [0.15, 0.2) is 0 Å². The van der Waals surface area contributed by atoms with E-state index in [2.05, 4.69) is 20.5 Å². The number of carbonyl (C=O) groups excluding carboxylic acids is 1. The molecule has 160 valence electrons. The monoisotopic (exact) mass is 438 g/mol. The van der Waals surface area contributed by atoms with Crippen LogP contribution in [0.5, 0.6) is 0 Å². The average molecular weight is 439 g/mol. The molecular formula is C21H22N6O3S. The van der Waals surface area contributed by atoms with E-state index in [4.69, 9.17) is 4.74 Å². The molecule has 9 nitrogen and oxygen atoms in total. The van der Waals surface area contributed by atoms with Gasteiger partial charge in [-0.15, -0.1) is 11.3 Å². The van der Waals surface area contributed by atoms with Crippen LogP contribution in [0.15, 0.2) is 41.5 Å². The summed E-state index contributed by atoms with van der Waals surface area (Å²) >= 11 is 1.61. The maximum atomic E-state index is 13.1. The Kier molecular flexibility index (Phi) is 5.66. The molecule has 0 unspecified atom stereocenters. The largest absolute Gasteiger partial charge is 0.383 e. The zero-order valence-corrected chi connectivity index (χ0v) is 18.4. The fourth-order valence-electron chi connectivity index (χ4n) is 3.29. The van der Waals surface area contributed by atoms with Crippen molar-refractivity contribution in [1.82, 2.24) is 29.9 Å². The first-order chi connectivity index (χ1) is 14.9. The summed E-state index contributed by atoms with van der Waals surface area (Å²) in [7, 11) is 3.30. The molecule has 0 aliphatic heterocycles. The van der Waals surface area contributed by atoms with Crippen molar-refractivity contribution in [2.75, 3.05) is 13.7 Å². The Morgan fingerprint density at radius 3 is 2.84 bits per heavy atom. The molecule has 4 rings (SSSR count). The van der Waals surface area contributed by atoms with Crippen LogP contribution in [0.25, 0.3) is 27.2 Å². The van der Waals surface area contributed by atoms with Gasteiger partial charge in [-0.05, 0) is 32.0 Å². The average Bonchev–Trinajstić information content (AvgIpc) is 3.32. The first-order valence-corrected chi connectivity index (χ1v) is 10.5. The maximum absolute atomic E-state index is 13.1. The molecule has 0 aliphatic carbocycles. The molecule has 31 heavy (non-hydrogen) atoms. The number of carbonyl (C=O) groups is 1. The Balaban J connectivity index is 1.85. The molecule has 0 bridgehead atoms. The highest BCUT2D eigenvalue weighted by molar-refractivity contribution is 7.18. The molecular weight excluding hydrogens is 416 g/mol. The number of hydrogen-bond donors (Lipinski definition) is 1. The molecule has 0 saturated heterocycles. The predicted molar refractivity (Wildman–Crippen MR) is 119 cm³/mol. The number of nitrogens with zero attached hydrogens (tertiary/aromatic N) is 5. The molecule has 0 aliphatic rings. The van der Waals surface area contributed by atoms with Crippen molar-refractivity contribution in [3.8, 4) is 16.9 Å². The van der Waals surface area contributed by atoms with Gasteiger partial charge in [-0.3, -0.25) is 14.3 Å². The third-order valence-electron chi connectivity index (χ3n) is 4.68. The Labute approximate surface area is 182 Å². The Hall–Kier alpha value is -3.37. The molecule has 10 heteroatoms. The molecule has 1 atom stereocenters. The number of nitrogens with one attached hydrogen (secondary N) is 1. The van der Waals surface area contributed by atoms with Crippen LogP contribution in [0.2, 0.25) is 0 Å². The summed E-state index contributed by atoms with van der Waals surface area (Å²) in [6.45, 7) is 4.09. The molecule has 3 aromatic heterocycles. The van der Waals surface area contributed by atoms with Crippen LogP contribution in [0.4, 0.5) is 0 Å². The second-order valence-electron chi connectivity index (χ2n) is 7.28. The van der Waals surface area contributed by atoms with Gasteiger partial charge >= 0.3 is 0 Å². The van der Waals surface area contributed by atoms with Crippen molar-refractivity contribution in [2.45, 2.75) is 19.9 Å². The number of amides is 1. The van der Waals surface area contributed by atoms with Crippen molar-refractivity contribution in [3.05, 3.63) is 57.6 Å². The maximum Gasteiger partial charge on any atom is 0.284 e. The van der Waals surface area contributed by atoms with E-state index >= 15 is 0 Å². The van der Waals surface area contributed by atoms with Crippen molar-refractivity contribution >= 4 is 27.5 Å². The summed E-state index contributed by atoms with van der Waals surface area (Å²) < 4.78 is 8.91. The minimum absolute atomic E-state index is 0.00800. The quantitative estimate of drug-likeness (QED) is 0.495. The molecule has 3 heterocycles. The molecule has 0 radical (unpaired) electrons. The van der Waals surface area contributed by atoms with Crippen molar-refractivity contribution in [3.63, 3.8) is 0 Å². The number of hydrogen-bond acceptors (Lipinski definition) is 7. The van der Waals surface area contributed by atoms with Gasteiger partial charge in [0, 0.05) is 25.8 Å². The number of ether oxygens (including phenoxy) is 1. The zero-order valence-electron chi connectivity index (χ0n) is 17.6. The van der Waals surface area contributed by atoms with Gasteiger partial charge < -0.3 is 10.1 Å². The highest BCUT2D eigenvalue weighted by atomic mass is 32.1. The number of methoxy groups -OCH3 is 1. The van der Waals surface area contributed by atoms with E-state index in [0.717, 1.165) is 20.8 Å². The van der Waals surface area contributed by atoms with E-state index in [-0.39, 0.29) is 11.6 Å². The SMILES string of the molecule is COC[C@H](C)NC(=O)c1cc(-c2ccc3sc(C)nc3c2)nn(-c2cnn(C)c2)c1=O. The third-order valence-corrected chi connectivity index (χ3v) is 5.63. The second kappa shape index (κ2) is 8.40. The smallest absolute Gasteiger partial charge is 0.284 e. The summed E-state index contributed by atoms with van der Waals surface area (Å²) in [6.07, 6.45) is 3.20. The Bertz CT molecular complexity index is 1320. The van der Waals surface area contributed by atoms with E-state index in [1.54, 1.807) is 36.4 Å². The van der Waals surface area contributed by atoms with E-state index in [1.807, 2.05) is 32.0 Å². The number of thiazole rings is 1. The van der Waals surface area contributed by atoms with Gasteiger partial charge in [0.25, 0.3) is 11.5 Å². The lowest BCUT2D eigenvalue weighted by atomic mass is 10.1. The Morgan fingerprint density at radius 1 is 1.32 bits per heavy atom. The van der Waals surface area contributed by atoms with Crippen LogP contribution < -0.4 is 10.9 Å².